The summed E-state index contributed by atoms with van der Waals surface area (Å²) in [6, 6.07) is 4.93. The second-order valence-electron chi connectivity index (χ2n) is 5.96. The molecule has 1 aromatic rings. The second kappa shape index (κ2) is 7.21. The molecule has 1 atom stereocenters. The Hall–Kier alpha value is -2.09. The summed E-state index contributed by atoms with van der Waals surface area (Å²) in [5.74, 6) is -0.226. The number of nitrogens with one attached hydrogen (secondary N) is 1. The number of ether oxygens (including phenoxy) is 1. The Morgan fingerprint density at radius 3 is 2.62 bits per heavy atom. The van der Waals surface area contributed by atoms with Crippen LogP contribution in [0.2, 0.25) is 0 Å². The molecule has 1 aliphatic heterocycles. The first-order chi connectivity index (χ1) is 11.2. The number of hydrogen-bond donors (Lipinski definition) is 1. The number of rotatable bonds is 5. The van der Waals surface area contributed by atoms with Crippen molar-refractivity contribution in [3.63, 3.8) is 0 Å². The van der Waals surface area contributed by atoms with Crippen LogP contribution in [0.5, 0.6) is 5.75 Å². The number of carbonyl (C=O) groups excluding carboxylic acids is 2. The number of hydrogen-bond acceptors (Lipinski definition) is 5. The summed E-state index contributed by atoms with van der Waals surface area (Å²) in [6.07, 6.45) is 0.364. The van der Waals surface area contributed by atoms with Gasteiger partial charge >= 0.3 is 0 Å². The molecule has 2 rings (SSSR count). The van der Waals surface area contributed by atoms with Crippen LogP contribution in [0.15, 0.2) is 18.2 Å². The molecule has 8 heteroatoms. The van der Waals surface area contributed by atoms with Gasteiger partial charge in [-0.15, -0.1) is 0 Å². The maximum atomic E-state index is 12.3. The molecule has 1 saturated heterocycles. The normalized spacial score (nSPS) is 18.9. The minimum absolute atomic E-state index is 0.0504. The second-order valence-corrected chi connectivity index (χ2v) is 8.18. The molecule has 0 spiro atoms. The summed E-state index contributed by atoms with van der Waals surface area (Å²) >= 11 is 0. The fraction of sp³-hybridized carbons (Fsp3) is 0.500. The van der Waals surface area contributed by atoms with Crippen molar-refractivity contribution in [3.05, 3.63) is 23.8 Å². The largest absolute Gasteiger partial charge is 0.495 e. The molecular formula is C16H22N2O5S. The van der Waals surface area contributed by atoms with Crippen molar-refractivity contribution in [2.75, 3.05) is 30.5 Å². The van der Waals surface area contributed by atoms with Gasteiger partial charge in [0, 0.05) is 13.0 Å². The predicted molar refractivity (Wildman–Crippen MR) is 90.8 cm³/mol. The summed E-state index contributed by atoms with van der Waals surface area (Å²) in [4.78, 5) is 25.5. The van der Waals surface area contributed by atoms with Crippen LogP contribution >= 0.6 is 0 Å². The molecule has 0 bridgehead atoms. The van der Waals surface area contributed by atoms with Crippen molar-refractivity contribution in [2.24, 2.45) is 0 Å². The number of amides is 2. The molecule has 1 aromatic carbocycles. The van der Waals surface area contributed by atoms with E-state index in [1.54, 1.807) is 12.1 Å². The van der Waals surface area contributed by atoms with Crippen molar-refractivity contribution in [1.82, 2.24) is 4.90 Å². The molecule has 0 aromatic heterocycles. The summed E-state index contributed by atoms with van der Waals surface area (Å²) < 4.78 is 28.4. The molecule has 1 fully saturated rings. The molecule has 2 amide bonds. The van der Waals surface area contributed by atoms with Gasteiger partial charge in [-0.2, -0.15) is 0 Å². The molecule has 1 heterocycles. The van der Waals surface area contributed by atoms with Crippen molar-refractivity contribution in [1.29, 1.82) is 0 Å². The highest BCUT2D eigenvalue weighted by Gasteiger charge is 2.34. The maximum Gasteiger partial charge on any atom is 0.244 e. The van der Waals surface area contributed by atoms with E-state index in [1.165, 1.54) is 18.9 Å². The first-order valence-electron chi connectivity index (χ1n) is 7.64. The van der Waals surface area contributed by atoms with E-state index in [9.17, 15) is 18.0 Å². The smallest absolute Gasteiger partial charge is 0.244 e. The van der Waals surface area contributed by atoms with Crippen molar-refractivity contribution >= 4 is 27.3 Å². The Morgan fingerprint density at radius 2 is 2.08 bits per heavy atom. The molecule has 132 valence electrons. The van der Waals surface area contributed by atoms with E-state index in [1.807, 2.05) is 13.0 Å². The summed E-state index contributed by atoms with van der Waals surface area (Å²) in [5.41, 5.74) is 1.47. The van der Waals surface area contributed by atoms with Gasteiger partial charge in [0.2, 0.25) is 11.8 Å². The zero-order valence-corrected chi connectivity index (χ0v) is 14.9. The van der Waals surface area contributed by atoms with Gasteiger partial charge in [-0.25, -0.2) is 8.42 Å². The van der Waals surface area contributed by atoms with Gasteiger partial charge in [-0.05, 0) is 31.0 Å². The third kappa shape index (κ3) is 4.47. The first-order valence-corrected chi connectivity index (χ1v) is 9.46. The highest BCUT2D eigenvalue weighted by Crippen LogP contribution is 2.25. The third-order valence-electron chi connectivity index (χ3n) is 4.00. The van der Waals surface area contributed by atoms with Gasteiger partial charge in [0.1, 0.15) is 12.3 Å². The molecule has 1 aliphatic rings. The summed E-state index contributed by atoms with van der Waals surface area (Å²) in [7, 11) is -1.63. The number of benzene rings is 1. The highest BCUT2D eigenvalue weighted by molar-refractivity contribution is 7.91. The summed E-state index contributed by atoms with van der Waals surface area (Å²) in [5, 5.41) is 2.72. The van der Waals surface area contributed by atoms with Crippen molar-refractivity contribution in [2.45, 2.75) is 26.3 Å². The lowest BCUT2D eigenvalue weighted by Gasteiger charge is -2.26. The number of nitrogens with zero attached hydrogens (tertiary/aromatic N) is 1. The van der Waals surface area contributed by atoms with Crippen molar-refractivity contribution in [3.8, 4) is 5.75 Å². The van der Waals surface area contributed by atoms with Crippen LogP contribution in [0.25, 0.3) is 0 Å². The van der Waals surface area contributed by atoms with Crippen LogP contribution in [-0.4, -0.2) is 56.3 Å². The molecule has 0 aliphatic carbocycles. The van der Waals surface area contributed by atoms with E-state index in [-0.39, 0.29) is 24.0 Å². The van der Waals surface area contributed by atoms with E-state index in [0.717, 1.165) is 5.56 Å². The fourth-order valence-electron chi connectivity index (χ4n) is 2.78. The summed E-state index contributed by atoms with van der Waals surface area (Å²) in [6.45, 7) is 3.04. The van der Waals surface area contributed by atoms with Crippen molar-refractivity contribution < 1.29 is 22.7 Å². The van der Waals surface area contributed by atoms with Crippen LogP contribution in [-0.2, 0) is 19.4 Å². The molecule has 1 N–H and O–H groups in total. The maximum absolute atomic E-state index is 12.3. The van der Waals surface area contributed by atoms with E-state index >= 15 is 0 Å². The van der Waals surface area contributed by atoms with Crippen LogP contribution in [0.1, 0.15) is 18.9 Å². The number of anilines is 1. The lowest BCUT2D eigenvalue weighted by Crippen LogP contribution is -2.44. The van der Waals surface area contributed by atoms with E-state index in [4.69, 9.17) is 4.74 Å². The molecule has 24 heavy (non-hydrogen) atoms. The Kier molecular flexibility index (Phi) is 5.48. The first kappa shape index (κ1) is 18.3. The van der Waals surface area contributed by atoms with E-state index in [2.05, 4.69) is 5.32 Å². The van der Waals surface area contributed by atoms with Crippen LogP contribution < -0.4 is 10.1 Å². The van der Waals surface area contributed by atoms with Gasteiger partial charge in [-0.3, -0.25) is 9.59 Å². The Balaban J connectivity index is 2.09. The topological polar surface area (TPSA) is 92.8 Å². The van der Waals surface area contributed by atoms with Gasteiger partial charge in [0.25, 0.3) is 0 Å². The Bertz CT molecular complexity index is 745. The lowest BCUT2D eigenvalue weighted by molar-refractivity contribution is -0.134. The Labute approximate surface area is 141 Å². The van der Waals surface area contributed by atoms with Crippen LogP contribution in [0.4, 0.5) is 5.69 Å². The minimum atomic E-state index is -3.13. The predicted octanol–water partition coefficient (Wildman–Crippen LogP) is 0.978. The minimum Gasteiger partial charge on any atom is -0.495 e. The zero-order chi connectivity index (χ0) is 17.9. The Morgan fingerprint density at radius 1 is 1.38 bits per heavy atom. The molecule has 0 radical (unpaired) electrons. The van der Waals surface area contributed by atoms with Gasteiger partial charge in [0.15, 0.2) is 9.84 Å². The van der Waals surface area contributed by atoms with Crippen LogP contribution in [0, 0.1) is 6.92 Å². The lowest BCUT2D eigenvalue weighted by atomic mass is 10.2. The number of sulfone groups is 1. The monoisotopic (exact) mass is 354 g/mol. The average Bonchev–Trinajstić information content (AvgIpc) is 2.84. The highest BCUT2D eigenvalue weighted by atomic mass is 32.2. The van der Waals surface area contributed by atoms with Gasteiger partial charge < -0.3 is 15.0 Å². The molecule has 0 saturated carbocycles. The number of aryl methyl sites for hydroxylation is 1. The van der Waals surface area contributed by atoms with Crippen LogP contribution in [0.3, 0.4) is 0 Å². The fourth-order valence-corrected chi connectivity index (χ4v) is 4.51. The van der Waals surface area contributed by atoms with E-state index < -0.39 is 21.8 Å². The zero-order valence-electron chi connectivity index (χ0n) is 14.0. The quantitative estimate of drug-likeness (QED) is 0.851. The van der Waals surface area contributed by atoms with E-state index in [0.29, 0.717) is 17.9 Å². The molecule has 1 unspecified atom stereocenters. The third-order valence-corrected chi connectivity index (χ3v) is 5.75. The standard InChI is InChI=1S/C16H22N2O5S/c1-11-4-5-15(23-3)14(8-11)17-16(20)9-18(12(2)19)13-6-7-24(21,22)10-13/h4-5,8,13H,6-7,9-10H2,1-3H3,(H,17,20). The van der Waals surface area contributed by atoms with Gasteiger partial charge in [-0.1, -0.05) is 6.07 Å². The SMILES string of the molecule is COc1ccc(C)cc1NC(=O)CN(C(C)=O)C1CCS(=O)(=O)C1. The number of carbonyl (C=O) groups is 2. The van der Waals surface area contributed by atoms with Gasteiger partial charge in [0.05, 0.1) is 24.3 Å². The molecular weight excluding hydrogens is 332 g/mol. The molecule has 7 nitrogen and oxygen atoms in total. The average molecular weight is 354 g/mol. The number of methoxy groups -OCH3 is 1.